The van der Waals surface area contributed by atoms with Crippen molar-refractivity contribution in [2.75, 3.05) is 31.1 Å². The zero-order chi connectivity index (χ0) is 17.3. The van der Waals surface area contributed by atoms with E-state index in [0.29, 0.717) is 13.1 Å². The minimum atomic E-state index is -0.233. The first kappa shape index (κ1) is 17.0. The highest BCUT2D eigenvalue weighted by Crippen LogP contribution is 2.20. The van der Waals surface area contributed by atoms with E-state index in [1.165, 1.54) is 12.1 Å². The van der Waals surface area contributed by atoms with Crippen LogP contribution in [0.1, 0.15) is 11.4 Å². The van der Waals surface area contributed by atoms with Gasteiger partial charge in [-0.3, -0.25) is 9.48 Å². The molecule has 0 aliphatic carbocycles. The Bertz CT molecular complexity index is 736. The molecule has 1 fully saturated rings. The van der Waals surface area contributed by atoms with Gasteiger partial charge in [0.15, 0.2) is 0 Å². The Morgan fingerprint density at radius 3 is 2.33 bits per heavy atom. The van der Waals surface area contributed by atoms with Gasteiger partial charge in [-0.05, 0) is 54.0 Å². The van der Waals surface area contributed by atoms with E-state index >= 15 is 0 Å². The van der Waals surface area contributed by atoms with E-state index in [4.69, 9.17) is 0 Å². The number of benzene rings is 1. The lowest BCUT2D eigenvalue weighted by atomic mass is 10.2. The van der Waals surface area contributed by atoms with Gasteiger partial charge in [0, 0.05) is 31.9 Å². The molecule has 1 aliphatic heterocycles. The van der Waals surface area contributed by atoms with Crippen LogP contribution >= 0.6 is 15.9 Å². The molecule has 0 radical (unpaired) electrons. The van der Waals surface area contributed by atoms with Gasteiger partial charge in [0.2, 0.25) is 5.91 Å². The number of hydrogen-bond donors (Lipinski definition) is 0. The number of amides is 1. The summed E-state index contributed by atoms with van der Waals surface area (Å²) in [6, 6.07) is 6.49. The molecule has 0 N–H and O–H groups in total. The first-order valence-electron chi connectivity index (χ1n) is 7.93. The maximum Gasteiger partial charge on any atom is 0.244 e. The molecule has 0 unspecified atom stereocenters. The summed E-state index contributed by atoms with van der Waals surface area (Å²) in [4.78, 5) is 16.5. The zero-order valence-electron chi connectivity index (χ0n) is 13.8. The summed E-state index contributed by atoms with van der Waals surface area (Å²) in [5, 5.41) is 4.39. The Morgan fingerprint density at radius 2 is 1.79 bits per heavy atom. The fourth-order valence-corrected chi connectivity index (χ4v) is 3.21. The third-order valence-corrected chi connectivity index (χ3v) is 5.55. The monoisotopic (exact) mass is 394 g/mol. The van der Waals surface area contributed by atoms with Crippen molar-refractivity contribution in [2.45, 2.75) is 20.4 Å². The molecule has 1 aromatic heterocycles. The summed E-state index contributed by atoms with van der Waals surface area (Å²) in [5.74, 6) is -0.157. The molecule has 0 spiro atoms. The van der Waals surface area contributed by atoms with Gasteiger partial charge in [0.05, 0.1) is 15.9 Å². The molecule has 0 bridgehead atoms. The second-order valence-corrected chi connectivity index (χ2v) is 6.78. The largest absolute Gasteiger partial charge is 0.368 e. The molecule has 24 heavy (non-hydrogen) atoms. The Morgan fingerprint density at radius 1 is 1.17 bits per heavy atom. The third kappa shape index (κ3) is 3.45. The van der Waals surface area contributed by atoms with Crippen LogP contribution in [0.2, 0.25) is 0 Å². The number of rotatable bonds is 3. The van der Waals surface area contributed by atoms with E-state index in [1.807, 2.05) is 18.7 Å². The molecular weight excluding hydrogens is 375 g/mol. The van der Waals surface area contributed by atoms with Crippen LogP contribution in [0.3, 0.4) is 0 Å². The van der Waals surface area contributed by atoms with Crippen LogP contribution in [0, 0.1) is 19.7 Å². The summed E-state index contributed by atoms with van der Waals surface area (Å²) in [6.45, 7) is 6.95. The summed E-state index contributed by atoms with van der Waals surface area (Å²) < 4.78 is 15.7. The number of aryl methyl sites for hydroxylation is 1. The average Bonchev–Trinajstić information content (AvgIpc) is 2.83. The zero-order valence-corrected chi connectivity index (χ0v) is 15.4. The summed E-state index contributed by atoms with van der Waals surface area (Å²) in [5.41, 5.74) is 2.85. The maximum atomic E-state index is 13.0. The summed E-state index contributed by atoms with van der Waals surface area (Å²) >= 11 is 3.48. The highest BCUT2D eigenvalue weighted by Gasteiger charge is 2.22. The molecule has 1 saturated heterocycles. The minimum absolute atomic E-state index is 0.0758. The predicted molar refractivity (Wildman–Crippen MR) is 94.6 cm³/mol. The van der Waals surface area contributed by atoms with Gasteiger partial charge in [-0.1, -0.05) is 0 Å². The quantitative estimate of drug-likeness (QED) is 0.803. The Kier molecular flexibility index (Phi) is 4.89. The van der Waals surface area contributed by atoms with Crippen molar-refractivity contribution in [1.29, 1.82) is 0 Å². The van der Waals surface area contributed by atoms with Crippen molar-refractivity contribution in [3.8, 4) is 0 Å². The number of carbonyl (C=O) groups is 1. The Balaban J connectivity index is 1.59. The second kappa shape index (κ2) is 6.93. The molecule has 128 valence electrons. The van der Waals surface area contributed by atoms with Gasteiger partial charge in [-0.2, -0.15) is 5.10 Å². The Labute approximate surface area is 149 Å². The van der Waals surface area contributed by atoms with Crippen molar-refractivity contribution in [2.24, 2.45) is 0 Å². The van der Waals surface area contributed by atoms with Crippen LogP contribution < -0.4 is 4.90 Å². The van der Waals surface area contributed by atoms with E-state index in [0.717, 1.165) is 34.6 Å². The molecule has 7 heteroatoms. The van der Waals surface area contributed by atoms with E-state index < -0.39 is 0 Å². The molecular formula is C17H20BrFN4O. The molecule has 1 aromatic carbocycles. The highest BCUT2D eigenvalue weighted by molar-refractivity contribution is 9.10. The first-order valence-corrected chi connectivity index (χ1v) is 8.73. The lowest BCUT2D eigenvalue weighted by Gasteiger charge is -2.36. The number of anilines is 1. The Hall–Kier alpha value is -1.89. The molecule has 5 nitrogen and oxygen atoms in total. The van der Waals surface area contributed by atoms with E-state index in [1.54, 1.807) is 16.8 Å². The SMILES string of the molecule is Cc1nn(CC(=O)N2CCN(c3ccc(F)cc3)CC2)c(C)c1Br. The van der Waals surface area contributed by atoms with Crippen molar-refractivity contribution >= 4 is 27.5 Å². The van der Waals surface area contributed by atoms with Crippen molar-refractivity contribution in [1.82, 2.24) is 14.7 Å². The molecule has 3 rings (SSSR count). The highest BCUT2D eigenvalue weighted by atomic mass is 79.9. The lowest BCUT2D eigenvalue weighted by molar-refractivity contribution is -0.132. The normalized spacial score (nSPS) is 15.0. The van der Waals surface area contributed by atoms with E-state index in [-0.39, 0.29) is 18.3 Å². The lowest BCUT2D eigenvalue weighted by Crippen LogP contribution is -2.49. The molecule has 0 saturated carbocycles. The van der Waals surface area contributed by atoms with Crippen LogP contribution in [0.15, 0.2) is 28.7 Å². The van der Waals surface area contributed by atoms with Gasteiger partial charge in [0.1, 0.15) is 12.4 Å². The number of piperazine rings is 1. The molecule has 2 aromatic rings. The number of hydrogen-bond acceptors (Lipinski definition) is 3. The molecule has 1 aliphatic rings. The van der Waals surface area contributed by atoms with Crippen molar-refractivity contribution in [3.05, 3.63) is 45.9 Å². The van der Waals surface area contributed by atoms with Crippen molar-refractivity contribution < 1.29 is 9.18 Å². The molecule has 1 amide bonds. The van der Waals surface area contributed by atoms with E-state index in [9.17, 15) is 9.18 Å². The van der Waals surface area contributed by atoms with Crippen LogP contribution in [-0.4, -0.2) is 46.8 Å². The van der Waals surface area contributed by atoms with Crippen LogP contribution in [0.25, 0.3) is 0 Å². The number of nitrogens with zero attached hydrogens (tertiary/aromatic N) is 4. The number of carbonyl (C=O) groups excluding carboxylic acids is 1. The van der Waals surface area contributed by atoms with Crippen LogP contribution in [0.5, 0.6) is 0 Å². The average molecular weight is 395 g/mol. The minimum Gasteiger partial charge on any atom is -0.368 e. The molecule has 0 atom stereocenters. The third-order valence-electron chi connectivity index (χ3n) is 4.40. The fourth-order valence-electron chi connectivity index (χ4n) is 2.92. The van der Waals surface area contributed by atoms with E-state index in [2.05, 4.69) is 25.9 Å². The first-order chi connectivity index (χ1) is 11.5. The number of halogens is 2. The van der Waals surface area contributed by atoms with Crippen LogP contribution in [-0.2, 0) is 11.3 Å². The smallest absolute Gasteiger partial charge is 0.244 e. The van der Waals surface area contributed by atoms with Crippen molar-refractivity contribution in [3.63, 3.8) is 0 Å². The van der Waals surface area contributed by atoms with Gasteiger partial charge < -0.3 is 9.80 Å². The maximum absolute atomic E-state index is 13.0. The van der Waals surface area contributed by atoms with Gasteiger partial charge in [0.25, 0.3) is 0 Å². The standard InChI is InChI=1S/C17H20BrFN4O/c1-12-17(18)13(2)23(20-12)11-16(24)22-9-7-21(8-10-22)15-5-3-14(19)4-6-15/h3-6H,7-11H2,1-2H3. The van der Waals surface area contributed by atoms with Gasteiger partial charge >= 0.3 is 0 Å². The van der Waals surface area contributed by atoms with Gasteiger partial charge in [-0.15, -0.1) is 0 Å². The summed E-state index contributed by atoms with van der Waals surface area (Å²) in [6.07, 6.45) is 0. The number of aromatic nitrogens is 2. The summed E-state index contributed by atoms with van der Waals surface area (Å²) in [7, 11) is 0. The fraction of sp³-hybridized carbons (Fsp3) is 0.412. The second-order valence-electron chi connectivity index (χ2n) is 5.99. The molecule has 2 heterocycles. The topological polar surface area (TPSA) is 41.4 Å². The predicted octanol–water partition coefficient (Wildman–Crippen LogP) is 2.75. The van der Waals surface area contributed by atoms with Gasteiger partial charge in [-0.25, -0.2) is 4.39 Å². The van der Waals surface area contributed by atoms with Crippen LogP contribution in [0.4, 0.5) is 10.1 Å².